The maximum absolute atomic E-state index is 13.4. The fraction of sp³-hybridized carbons (Fsp3) is 0.333. The molecule has 1 aromatic carbocycles. The Bertz CT molecular complexity index is 480. The van der Waals surface area contributed by atoms with E-state index in [0.29, 0.717) is 4.47 Å². The molecule has 0 spiro atoms. The minimum atomic E-state index is -0.669. The van der Waals surface area contributed by atoms with Crippen molar-refractivity contribution in [1.29, 1.82) is 5.26 Å². The van der Waals surface area contributed by atoms with Gasteiger partial charge in [-0.15, -0.1) is 0 Å². The van der Waals surface area contributed by atoms with Crippen LogP contribution in [0.3, 0.4) is 0 Å². The smallest absolute Gasteiger partial charge is 0.254 e. The highest BCUT2D eigenvalue weighted by Gasteiger charge is 2.19. The average molecular weight is 299 g/mol. The van der Waals surface area contributed by atoms with Crippen molar-refractivity contribution in [2.75, 3.05) is 6.54 Å². The highest BCUT2D eigenvalue weighted by Crippen LogP contribution is 2.16. The van der Waals surface area contributed by atoms with Crippen LogP contribution in [0.25, 0.3) is 0 Å². The van der Waals surface area contributed by atoms with E-state index in [1.807, 2.05) is 0 Å². The van der Waals surface area contributed by atoms with Crippen molar-refractivity contribution in [3.8, 4) is 6.07 Å². The molecule has 0 aliphatic heterocycles. The van der Waals surface area contributed by atoms with Gasteiger partial charge in [0.2, 0.25) is 0 Å². The normalized spacial score (nSPS) is 10.8. The number of carbonyl (C=O) groups is 1. The monoisotopic (exact) mass is 298 g/mol. The lowest BCUT2D eigenvalue weighted by Gasteiger charge is -2.16. The number of hydrogen-bond acceptors (Lipinski definition) is 2. The standard InChI is InChI=1S/C12H12BrFN2O/c1-12(2,6-15)7-16-11(17)9-5-8(13)3-4-10(9)14/h3-5H,7H2,1-2H3,(H,16,17). The number of nitrogens with one attached hydrogen (secondary N) is 1. The van der Waals surface area contributed by atoms with Crippen LogP contribution < -0.4 is 5.32 Å². The maximum Gasteiger partial charge on any atom is 0.254 e. The third kappa shape index (κ3) is 3.82. The topological polar surface area (TPSA) is 52.9 Å². The number of nitriles is 1. The molecule has 0 fully saturated rings. The molecule has 1 aromatic rings. The van der Waals surface area contributed by atoms with Crippen LogP contribution in [0.5, 0.6) is 0 Å². The molecule has 0 heterocycles. The molecule has 90 valence electrons. The van der Waals surface area contributed by atoms with E-state index in [1.54, 1.807) is 13.8 Å². The van der Waals surface area contributed by atoms with Gasteiger partial charge >= 0.3 is 0 Å². The van der Waals surface area contributed by atoms with Crippen LogP contribution in [0.2, 0.25) is 0 Å². The first-order valence-corrected chi connectivity index (χ1v) is 5.79. The van der Waals surface area contributed by atoms with Gasteiger partial charge in [-0.1, -0.05) is 15.9 Å². The molecule has 0 unspecified atom stereocenters. The Balaban J connectivity index is 2.78. The molecule has 1 N–H and O–H groups in total. The quantitative estimate of drug-likeness (QED) is 0.933. The molecule has 5 heteroatoms. The summed E-state index contributed by atoms with van der Waals surface area (Å²) in [4.78, 5) is 11.7. The molecule has 1 amide bonds. The summed E-state index contributed by atoms with van der Waals surface area (Å²) in [5.74, 6) is -1.10. The molecule has 0 aromatic heterocycles. The van der Waals surface area contributed by atoms with Crippen molar-refractivity contribution < 1.29 is 9.18 Å². The molecule has 1 rings (SSSR count). The van der Waals surface area contributed by atoms with Crippen molar-refractivity contribution in [1.82, 2.24) is 5.32 Å². The minimum absolute atomic E-state index is 0.0342. The molecule has 3 nitrogen and oxygen atoms in total. The largest absolute Gasteiger partial charge is 0.350 e. The summed E-state index contributed by atoms with van der Waals surface area (Å²) in [5, 5.41) is 11.3. The molecule has 0 saturated carbocycles. The van der Waals surface area contributed by atoms with Gasteiger partial charge in [-0.05, 0) is 32.0 Å². The molecule has 0 radical (unpaired) electrons. The zero-order valence-electron chi connectivity index (χ0n) is 9.55. The van der Waals surface area contributed by atoms with Gasteiger partial charge in [0.05, 0.1) is 17.0 Å². The Morgan fingerprint density at radius 1 is 1.59 bits per heavy atom. The van der Waals surface area contributed by atoms with Gasteiger partial charge in [0.1, 0.15) is 5.82 Å². The predicted molar refractivity (Wildman–Crippen MR) is 65.8 cm³/mol. The summed E-state index contributed by atoms with van der Waals surface area (Å²) in [6.07, 6.45) is 0. The van der Waals surface area contributed by atoms with E-state index in [0.717, 1.165) is 0 Å². The molecule has 17 heavy (non-hydrogen) atoms. The van der Waals surface area contributed by atoms with Crippen LogP contribution in [0.4, 0.5) is 4.39 Å². The first-order valence-electron chi connectivity index (χ1n) is 5.00. The molecule has 0 atom stereocenters. The highest BCUT2D eigenvalue weighted by molar-refractivity contribution is 9.10. The van der Waals surface area contributed by atoms with E-state index in [1.165, 1.54) is 18.2 Å². The molecule has 0 aliphatic carbocycles. The molecule has 0 bridgehead atoms. The number of amides is 1. The fourth-order valence-corrected chi connectivity index (χ4v) is 1.47. The lowest BCUT2D eigenvalue weighted by molar-refractivity contribution is 0.0939. The van der Waals surface area contributed by atoms with Gasteiger partial charge in [-0.25, -0.2) is 4.39 Å². The number of benzene rings is 1. The average Bonchev–Trinajstić information content (AvgIpc) is 2.29. The maximum atomic E-state index is 13.4. The van der Waals surface area contributed by atoms with Crippen molar-refractivity contribution >= 4 is 21.8 Å². The van der Waals surface area contributed by atoms with Crippen LogP contribution in [-0.2, 0) is 0 Å². The van der Waals surface area contributed by atoms with Crippen molar-refractivity contribution in [2.24, 2.45) is 5.41 Å². The van der Waals surface area contributed by atoms with Gasteiger partial charge in [0.15, 0.2) is 0 Å². The second-order valence-electron chi connectivity index (χ2n) is 4.30. The van der Waals surface area contributed by atoms with Gasteiger partial charge < -0.3 is 5.32 Å². The van der Waals surface area contributed by atoms with E-state index < -0.39 is 17.1 Å². The number of carbonyl (C=O) groups excluding carboxylic acids is 1. The van der Waals surface area contributed by atoms with Crippen LogP contribution >= 0.6 is 15.9 Å². The van der Waals surface area contributed by atoms with E-state index in [2.05, 4.69) is 27.3 Å². The van der Waals surface area contributed by atoms with Crippen LogP contribution in [-0.4, -0.2) is 12.5 Å². The van der Waals surface area contributed by atoms with Gasteiger partial charge in [0.25, 0.3) is 5.91 Å². The summed E-state index contributed by atoms with van der Waals surface area (Å²) < 4.78 is 14.0. The van der Waals surface area contributed by atoms with Crippen LogP contribution in [0.15, 0.2) is 22.7 Å². The highest BCUT2D eigenvalue weighted by atomic mass is 79.9. The number of nitrogens with zero attached hydrogens (tertiary/aromatic N) is 1. The Hall–Kier alpha value is -1.41. The second-order valence-corrected chi connectivity index (χ2v) is 5.22. The SMILES string of the molecule is CC(C)(C#N)CNC(=O)c1cc(Br)ccc1F. The summed E-state index contributed by atoms with van der Waals surface area (Å²) in [5.41, 5.74) is -0.703. The molecule has 0 saturated heterocycles. The van der Waals surface area contributed by atoms with E-state index >= 15 is 0 Å². The van der Waals surface area contributed by atoms with Gasteiger partial charge in [-0.3, -0.25) is 4.79 Å². The predicted octanol–water partition coefficient (Wildman–Crippen LogP) is 2.87. The van der Waals surface area contributed by atoms with Gasteiger partial charge in [0, 0.05) is 11.0 Å². The van der Waals surface area contributed by atoms with E-state index in [-0.39, 0.29) is 12.1 Å². The first-order chi connectivity index (χ1) is 7.85. The Labute approximate surface area is 108 Å². The van der Waals surface area contributed by atoms with Crippen molar-refractivity contribution in [3.63, 3.8) is 0 Å². The summed E-state index contributed by atoms with van der Waals surface area (Å²) in [6.45, 7) is 3.57. The summed E-state index contributed by atoms with van der Waals surface area (Å²) >= 11 is 3.17. The summed E-state index contributed by atoms with van der Waals surface area (Å²) in [6, 6.07) is 6.20. The Kier molecular flexibility index (Phi) is 4.24. The van der Waals surface area contributed by atoms with E-state index in [9.17, 15) is 9.18 Å². The van der Waals surface area contributed by atoms with Crippen molar-refractivity contribution in [3.05, 3.63) is 34.1 Å². The zero-order chi connectivity index (χ0) is 13.1. The third-order valence-corrected chi connectivity index (χ3v) is 2.66. The zero-order valence-corrected chi connectivity index (χ0v) is 11.1. The molecular formula is C12H12BrFN2O. The fourth-order valence-electron chi connectivity index (χ4n) is 1.11. The Morgan fingerprint density at radius 3 is 2.82 bits per heavy atom. The minimum Gasteiger partial charge on any atom is -0.350 e. The van der Waals surface area contributed by atoms with Crippen LogP contribution in [0.1, 0.15) is 24.2 Å². The Morgan fingerprint density at radius 2 is 2.24 bits per heavy atom. The lowest BCUT2D eigenvalue weighted by Crippen LogP contribution is -2.33. The third-order valence-electron chi connectivity index (χ3n) is 2.17. The van der Waals surface area contributed by atoms with E-state index in [4.69, 9.17) is 5.26 Å². The number of hydrogen-bond donors (Lipinski definition) is 1. The molecule has 0 aliphatic rings. The van der Waals surface area contributed by atoms with Crippen LogP contribution in [0, 0.1) is 22.6 Å². The first kappa shape index (κ1) is 13.7. The lowest BCUT2D eigenvalue weighted by atomic mass is 9.96. The molecular weight excluding hydrogens is 287 g/mol. The second kappa shape index (κ2) is 5.28. The van der Waals surface area contributed by atoms with Gasteiger partial charge in [-0.2, -0.15) is 5.26 Å². The summed E-state index contributed by atoms with van der Waals surface area (Å²) in [7, 11) is 0. The number of halogens is 2. The van der Waals surface area contributed by atoms with Crippen molar-refractivity contribution in [2.45, 2.75) is 13.8 Å². The number of rotatable bonds is 3.